The van der Waals surface area contributed by atoms with Crippen LogP contribution in [0.5, 0.6) is 5.75 Å². The Kier molecular flexibility index (Phi) is 5.50. The van der Waals surface area contributed by atoms with Crippen LogP contribution in [0.25, 0.3) is 0 Å². The van der Waals surface area contributed by atoms with Gasteiger partial charge in [0, 0.05) is 31.5 Å². The van der Waals surface area contributed by atoms with E-state index in [0.29, 0.717) is 11.0 Å². The number of aryl methyl sites for hydroxylation is 1. The largest absolute Gasteiger partial charge is 0.496 e. The number of aromatic nitrogens is 2. The summed E-state index contributed by atoms with van der Waals surface area (Å²) < 4.78 is 21.4. The minimum Gasteiger partial charge on any atom is -0.496 e. The molecule has 130 valence electrons. The molecule has 0 radical (unpaired) electrons. The molecule has 0 spiro atoms. The van der Waals surface area contributed by atoms with Gasteiger partial charge in [-0.2, -0.15) is 0 Å². The number of hydrogen-bond donors (Lipinski definition) is 1. The number of halogens is 2. The van der Waals surface area contributed by atoms with E-state index in [1.54, 1.807) is 25.4 Å². The lowest BCUT2D eigenvalue weighted by Crippen LogP contribution is -2.25. The Labute approximate surface area is 154 Å². The van der Waals surface area contributed by atoms with Crippen molar-refractivity contribution in [2.75, 3.05) is 7.11 Å². The molecule has 0 unspecified atom stereocenters. The zero-order valence-corrected chi connectivity index (χ0v) is 15.6. The van der Waals surface area contributed by atoms with Gasteiger partial charge < -0.3 is 9.30 Å². The second kappa shape index (κ2) is 7.80. The van der Waals surface area contributed by atoms with E-state index in [0.717, 1.165) is 22.7 Å². The third kappa shape index (κ3) is 3.91. The summed E-state index contributed by atoms with van der Waals surface area (Å²) in [6, 6.07) is 12.7. The maximum absolute atomic E-state index is 13.4. The molecule has 0 aliphatic rings. The van der Waals surface area contributed by atoms with Crippen LogP contribution in [0.3, 0.4) is 0 Å². The van der Waals surface area contributed by atoms with Crippen LogP contribution >= 0.6 is 15.9 Å². The smallest absolute Gasteiger partial charge is 0.137 e. The van der Waals surface area contributed by atoms with Crippen molar-refractivity contribution < 1.29 is 9.13 Å². The fourth-order valence-corrected chi connectivity index (χ4v) is 3.20. The maximum Gasteiger partial charge on any atom is 0.137 e. The molecule has 4 nitrogen and oxygen atoms in total. The number of para-hydroxylation sites is 1. The molecule has 3 rings (SSSR count). The number of rotatable bonds is 6. The van der Waals surface area contributed by atoms with Gasteiger partial charge in [0.25, 0.3) is 0 Å². The Balaban J connectivity index is 1.92. The van der Waals surface area contributed by atoms with Gasteiger partial charge in [0.05, 0.1) is 17.6 Å². The van der Waals surface area contributed by atoms with Crippen LogP contribution in [-0.2, 0) is 13.6 Å². The number of methoxy groups -OCH3 is 1. The number of nitrogens with one attached hydrogen (secondary N) is 1. The zero-order valence-electron chi connectivity index (χ0n) is 14.0. The monoisotopic (exact) mass is 403 g/mol. The summed E-state index contributed by atoms with van der Waals surface area (Å²) in [5.74, 6) is 1.41. The summed E-state index contributed by atoms with van der Waals surface area (Å²) in [6.07, 6.45) is 3.68. The highest BCUT2D eigenvalue weighted by atomic mass is 79.9. The molecule has 1 heterocycles. The molecular weight excluding hydrogens is 385 g/mol. The van der Waals surface area contributed by atoms with Crippen LogP contribution in [0.2, 0.25) is 0 Å². The first-order valence-electron chi connectivity index (χ1n) is 7.87. The Bertz CT molecular complexity index is 865. The summed E-state index contributed by atoms with van der Waals surface area (Å²) in [5, 5.41) is 3.51. The van der Waals surface area contributed by atoms with Gasteiger partial charge in [-0.05, 0) is 39.7 Å². The molecular formula is C19H19BrFN3O. The number of nitrogens with zero attached hydrogens (tertiary/aromatic N) is 2. The lowest BCUT2D eigenvalue weighted by atomic mass is 10.0. The quantitative estimate of drug-likeness (QED) is 0.669. The van der Waals surface area contributed by atoms with Gasteiger partial charge in [-0.25, -0.2) is 9.37 Å². The molecule has 6 heteroatoms. The van der Waals surface area contributed by atoms with E-state index in [-0.39, 0.29) is 11.9 Å². The van der Waals surface area contributed by atoms with Crippen molar-refractivity contribution in [2.24, 2.45) is 7.05 Å². The van der Waals surface area contributed by atoms with Crippen molar-refractivity contribution in [3.63, 3.8) is 0 Å². The highest BCUT2D eigenvalue weighted by molar-refractivity contribution is 9.10. The molecule has 3 aromatic rings. The van der Waals surface area contributed by atoms with Crippen molar-refractivity contribution >= 4 is 15.9 Å². The summed E-state index contributed by atoms with van der Waals surface area (Å²) in [4.78, 5) is 4.49. The van der Waals surface area contributed by atoms with Crippen LogP contribution in [0.15, 0.2) is 59.3 Å². The van der Waals surface area contributed by atoms with Crippen LogP contribution in [0.1, 0.15) is 23.0 Å². The minimum atomic E-state index is -0.269. The third-order valence-electron chi connectivity index (χ3n) is 4.06. The first-order valence-corrected chi connectivity index (χ1v) is 8.67. The second-order valence-corrected chi connectivity index (χ2v) is 6.56. The molecule has 1 aromatic heterocycles. The Hall–Kier alpha value is -2.18. The summed E-state index contributed by atoms with van der Waals surface area (Å²) in [6.45, 7) is 0.564. The van der Waals surface area contributed by atoms with Crippen molar-refractivity contribution in [2.45, 2.75) is 12.6 Å². The van der Waals surface area contributed by atoms with E-state index >= 15 is 0 Å². The summed E-state index contributed by atoms with van der Waals surface area (Å²) in [7, 11) is 3.62. The normalized spacial score (nSPS) is 12.2. The van der Waals surface area contributed by atoms with E-state index in [9.17, 15) is 4.39 Å². The molecule has 1 atom stereocenters. The predicted octanol–water partition coefficient (Wildman–Crippen LogP) is 4.21. The predicted molar refractivity (Wildman–Crippen MR) is 99.0 cm³/mol. The summed E-state index contributed by atoms with van der Waals surface area (Å²) >= 11 is 3.23. The van der Waals surface area contributed by atoms with E-state index in [4.69, 9.17) is 4.74 Å². The van der Waals surface area contributed by atoms with Crippen LogP contribution < -0.4 is 10.1 Å². The number of imidazole rings is 1. The van der Waals surface area contributed by atoms with Crippen LogP contribution in [-0.4, -0.2) is 16.7 Å². The molecule has 0 saturated heterocycles. The van der Waals surface area contributed by atoms with Crippen molar-refractivity contribution in [3.8, 4) is 5.75 Å². The average molecular weight is 404 g/mol. The molecule has 2 aromatic carbocycles. The first-order chi connectivity index (χ1) is 12.1. The van der Waals surface area contributed by atoms with Gasteiger partial charge in [0.1, 0.15) is 17.4 Å². The van der Waals surface area contributed by atoms with Crippen molar-refractivity contribution in [3.05, 3.63) is 82.1 Å². The number of ether oxygens (including phenoxy) is 1. The first kappa shape index (κ1) is 17.6. The molecule has 0 bridgehead atoms. The van der Waals surface area contributed by atoms with Gasteiger partial charge in [0.15, 0.2) is 0 Å². The van der Waals surface area contributed by atoms with Gasteiger partial charge in [0.2, 0.25) is 0 Å². The topological polar surface area (TPSA) is 39.1 Å². The Morgan fingerprint density at radius 1 is 1.28 bits per heavy atom. The highest BCUT2D eigenvalue weighted by Gasteiger charge is 2.21. The second-order valence-electron chi connectivity index (χ2n) is 5.70. The standard InChI is InChI=1S/C19H19BrFN3O/c1-24-10-9-22-19(24)18(14-5-3-4-6-17(14)25-2)23-12-13-7-8-16(21)15(20)11-13/h3-11,18,23H,12H2,1-2H3/t18-/m0/s1. The number of benzene rings is 2. The summed E-state index contributed by atoms with van der Waals surface area (Å²) in [5.41, 5.74) is 1.97. The molecule has 25 heavy (non-hydrogen) atoms. The lowest BCUT2D eigenvalue weighted by molar-refractivity contribution is 0.401. The van der Waals surface area contributed by atoms with Crippen molar-refractivity contribution in [1.82, 2.24) is 14.9 Å². The SMILES string of the molecule is COc1ccccc1[C@H](NCc1ccc(F)c(Br)c1)c1nccn1C. The Morgan fingerprint density at radius 3 is 2.76 bits per heavy atom. The zero-order chi connectivity index (χ0) is 17.8. The number of hydrogen-bond acceptors (Lipinski definition) is 3. The van der Waals surface area contributed by atoms with E-state index in [2.05, 4.69) is 26.2 Å². The van der Waals surface area contributed by atoms with E-state index in [1.807, 2.05) is 42.1 Å². The molecule has 0 fully saturated rings. The molecule has 0 aliphatic heterocycles. The van der Waals surface area contributed by atoms with E-state index in [1.165, 1.54) is 6.07 Å². The highest BCUT2D eigenvalue weighted by Crippen LogP contribution is 2.29. The van der Waals surface area contributed by atoms with Crippen LogP contribution in [0, 0.1) is 5.82 Å². The average Bonchev–Trinajstić information content (AvgIpc) is 3.04. The minimum absolute atomic E-state index is 0.153. The molecule has 0 aliphatic carbocycles. The third-order valence-corrected chi connectivity index (χ3v) is 4.67. The van der Waals surface area contributed by atoms with Crippen molar-refractivity contribution in [1.29, 1.82) is 0 Å². The van der Waals surface area contributed by atoms with Gasteiger partial charge >= 0.3 is 0 Å². The van der Waals surface area contributed by atoms with E-state index < -0.39 is 0 Å². The van der Waals surface area contributed by atoms with Gasteiger partial charge in [-0.15, -0.1) is 0 Å². The molecule has 0 amide bonds. The molecule has 1 N–H and O–H groups in total. The fraction of sp³-hybridized carbons (Fsp3) is 0.211. The maximum atomic E-state index is 13.4. The lowest BCUT2D eigenvalue weighted by Gasteiger charge is -2.21. The Morgan fingerprint density at radius 2 is 2.08 bits per heavy atom. The van der Waals surface area contributed by atoms with Gasteiger partial charge in [-0.3, -0.25) is 5.32 Å². The molecule has 0 saturated carbocycles. The van der Waals surface area contributed by atoms with Crippen LogP contribution in [0.4, 0.5) is 4.39 Å². The van der Waals surface area contributed by atoms with Gasteiger partial charge in [-0.1, -0.05) is 24.3 Å². The fourth-order valence-electron chi connectivity index (χ4n) is 2.77.